The van der Waals surface area contributed by atoms with E-state index in [2.05, 4.69) is 87.6 Å². The summed E-state index contributed by atoms with van der Waals surface area (Å²) in [5.41, 5.74) is 1.46. The summed E-state index contributed by atoms with van der Waals surface area (Å²) < 4.78 is 0. The van der Waals surface area contributed by atoms with E-state index in [0.717, 1.165) is 8.13 Å². The minimum atomic E-state index is -1.37. The SMILES string of the molecule is CC(C)(P[Si](C)(C)c1ccccc1)c1ccccc1. The van der Waals surface area contributed by atoms with Gasteiger partial charge in [-0.05, 0) is 5.56 Å². The average molecular weight is 286 g/mol. The fourth-order valence-electron chi connectivity index (χ4n) is 2.64. The van der Waals surface area contributed by atoms with Gasteiger partial charge in [0.25, 0.3) is 0 Å². The van der Waals surface area contributed by atoms with Crippen LogP contribution in [0.3, 0.4) is 0 Å². The fourth-order valence-corrected chi connectivity index (χ4v) is 11.7. The lowest BCUT2D eigenvalue weighted by atomic mass is 10.0. The Kier molecular flexibility index (Phi) is 4.28. The van der Waals surface area contributed by atoms with Crippen LogP contribution in [0.25, 0.3) is 0 Å². The molecule has 0 amide bonds. The lowest BCUT2D eigenvalue weighted by molar-refractivity contribution is 0.779. The monoisotopic (exact) mass is 286 g/mol. The van der Waals surface area contributed by atoms with E-state index >= 15 is 0 Å². The summed E-state index contributed by atoms with van der Waals surface area (Å²) in [5, 5.41) is 1.84. The van der Waals surface area contributed by atoms with Crippen molar-refractivity contribution >= 4 is 21.1 Å². The molecule has 0 radical (unpaired) electrons. The quantitative estimate of drug-likeness (QED) is 0.564. The maximum absolute atomic E-state index is 2.49. The van der Waals surface area contributed by atoms with E-state index in [9.17, 15) is 0 Å². The third-order valence-electron chi connectivity index (χ3n) is 3.62. The summed E-state index contributed by atoms with van der Waals surface area (Å²) in [7, 11) is -0.390. The molecule has 1 unspecified atom stereocenters. The molecule has 0 spiro atoms. The standard InChI is InChI=1S/C17H23PSi/c1-17(2,15-11-7-5-8-12-15)18-19(3,4)16-13-9-6-10-14-16/h5-14,18H,1-4H3. The summed E-state index contributed by atoms with van der Waals surface area (Å²) in [6.45, 7) is 9.76. The summed E-state index contributed by atoms with van der Waals surface area (Å²) in [5.74, 6) is 0. The van der Waals surface area contributed by atoms with Gasteiger partial charge in [0.1, 0.15) is 7.74 Å². The number of hydrogen-bond donors (Lipinski definition) is 0. The van der Waals surface area contributed by atoms with Crippen LogP contribution in [0.5, 0.6) is 0 Å². The highest BCUT2D eigenvalue weighted by Crippen LogP contribution is 2.46. The van der Waals surface area contributed by atoms with E-state index in [0.29, 0.717) is 0 Å². The molecule has 0 saturated carbocycles. The van der Waals surface area contributed by atoms with Crippen molar-refractivity contribution in [2.75, 3.05) is 0 Å². The minimum Gasteiger partial charge on any atom is -0.118 e. The van der Waals surface area contributed by atoms with Gasteiger partial charge >= 0.3 is 0 Å². The van der Waals surface area contributed by atoms with Crippen molar-refractivity contribution in [3.8, 4) is 0 Å². The molecule has 0 N–H and O–H groups in total. The van der Waals surface area contributed by atoms with Gasteiger partial charge in [0, 0.05) is 5.16 Å². The molecule has 0 saturated heterocycles. The first-order valence-corrected chi connectivity index (χ1v) is 11.8. The highest BCUT2D eigenvalue weighted by Gasteiger charge is 2.32. The van der Waals surface area contributed by atoms with E-state index < -0.39 is 7.74 Å². The first-order chi connectivity index (χ1) is 8.92. The molecule has 2 aromatic carbocycles. The van der Waals surface area contributed by atoms with Crippen molar-refractivity contribution in [3.05, 3.63) is 66.2 Å². The highest BCUT2D eigenvalue weighted by atomic mass is 31.3. The van der Waals surface area contributed by atoms with Crippen molar-refractivity contribution in [2.45, 2.75) is 32.1 Å². The van der Waals surface area contributed by atoms with Gasteiger partial charge in [-0.15, -0.1) is 8.13 Å². The Morgan fingerprint density at radius 1 is 0.789 bits per heavy atom. The Balaban J connectivity index is 2.25. The number of hydrogen-bond acceptors (Lipinski definition) is 0. The van der Waals surface area contributed by atoms with Crippen molar-refractivity contribution in [3.63, 3.8) is 0 Å². The first-order valence-electron chi connectivity index (χ1n) is 6.82. The summed E-state index contributed by atoms with van der Waals surface area (Å²) in [6.07, 6.45) is 0. The van der Waals surface area contributed by atoms with Crippen LogP contribution in [0.1, 0.15) is 19.4 Å². The molecule has 2 aromatic rings. The van der Waals surface area contributed by atoms with Crippen LogP contribution in [0.15, 0.2) is 60.7 Å². The Morgan fingerprint density at radius 2 is 1.26 bits per heavy atom. The molecule has 2 rings (SSSR count). The van der Waals surface area contributed by atoms with Gasteiger partial charge in [-0.2, -0.15) is 0 Å². The number of benzene rings is 2. The van der Waals surface area contributed by atoms with Gasteiger partial charge in [-0.25, -0.2) is 0 Å². The zero-order chi connectivity index (χ0) is 13.9. The largest absolute Gasteiger partial charge is 0.118 e. The maximum Gasteiger partial charge on any atom is 0.104 e. The predicted octanol–water partition coefficient (Wildman–Crippen LogP) is 4.71. The Morgan fingerprint density at radius 3 is 1.79 bits per heavy atom. The van der Waals surface area contributed by atoms with Gasteiger partial charge in [-0.1, -0.05) is 92.8 Å². The van der Waals surface area contributed by atoms with E-state index in [4.69, 9.17) is 0 Å². The molecular formula is C17H23PSi. The Hall–Kier alpha value is -0.913. The molecule has 0 heterocycles. The number of rotatable bonds is 4. The highest BCUT2D eigenvalue weighted by molar-refractivity contribution is 7.84. The van der Waals surface area contributed by atoms with Gasteiger partial charge in [0.2, 0.25) is 0 Å². The van der Waals surface area contributed by atoms with Crippen molar-refractivity contribution < 1.29 is 0 Å². The molecular weight excluding hydrogens is 263 g/mol. The van der Waals surface area contributed by atoms with E-state index in [-0.39, 0.29) is 5.16 Å². The van der Waals surface area contributed by atoms with E-state index in [1.54, 1.807) is 5.19 Å². The predicted molar refractivity (Wildman–Crippen MR) is 91.3 cm³/mol. The van der Waals surface area contributed by atoms with E-state index in [1.807, 2.05) is 0 Å². The second-order valence-electron chi connectivity index (χ2n) is 6.11. The minimum absolute atomic E-state index is 0.271. The molecule has 2 heteroatoms. The smallest absolute Gasteiger partial charge is 0.104 e. The molecule has 0 aliphatic carbocycles. The van der Waals surface area contributed by atoms with Crippen LogP contribution >= 0.6 is 8.13 Å². The molecule has 0 aromatic heterocycles. The molecule has 0 nitrogen and oxygen atoms in total. The summed E-state index contributed by atoms with van der Waals surface area (Å²) in [6, 6.07) is 22.0. The molecule has 0 fully saturated rings. The third kappa shape index (κ3) is 3.55. The van der Waals surface area contributed by atoms with Crippen LogP contribution in [-0.2, 0) is 5.16 Å². The van der Waals surface area contributed by atoms with Crippen LogP contribution in [0, 0.1) is 0 Å². The second kappa shape index (κ2) is 5.61. The molecule has 19 heavy (non-hydrogen) atoms. The maximum atomic E-state index is 2.49. The molecule has 0 aliphatic heterocycles. The lowest BCUT2D eigenvalue weighted by Crippen LogP contribution is -2.39. The second-order valence-corrected chi connectivity index (χ2v) is 15.9. The van der Waals surface area contributed by atoms with Crippen molar-refractivity contribution in [2.24, 2.45) is 0 Å². The third-order valence-corrected chi connectivity index (χ3v) is 11.5. The first kappa shape index (κ1) is 14.5. The molecule has 0 bridgehead atoms. The van der Waals surface area contributed by atoms with Crippen LogP contribution in [0.4, 0.5) is 0 Å². The van der Waals surface area contributed by atoms with Gasteiger partial charge in [0.15, 0.2) is 0 Å². The van der Waals surface area contributed by atoms with E-state index in [1.165, 1.54) is 5.56 Å². The van der Waals surface area contributed by atoms with Crippen LogP contribution in [-0.4, -0.2) is 7.74 Å². The van der Waals surface area contributed by atoms with Crippen LogP contribution in [0.2, 0.25) is 13.1 Å². The van der Waals surface area contributed by atoms with Gasteiger partial charge in [-0.3, -0.25) is 0 Å². The molecule has 1 atom stereocenters. The lowest BCUT2D eigenvalue weighted by Gasteiger charge is -2.34. The van der Waals surface area contributed by atoms with Gasteiger partial charge in [0.05, 0.1) is 0 Å². The fraction of sp³-hybridized carbons (Fsp3) is 0.294. The average Bonchev–Trinajstić information content (AvgIpc) is 2.40. The normalized spacial score (nSPS) is 13.1. The Labute approximate surface area is 119 Å². The van der Waals surface area contributed by atoms with Gasteiger partial charge < -0.3 is 0 Å². The topological polar surface area (TPSA) is 0 Å². The molecule has 0 aliphatic rings. The molecule has 100 valence electrons. The summed E-state index contributed by atoms with van der Waals surface area (Å²) >= 11 is 0. The van der Waals surface area contributed by atoms with Crippen molar-refractivity contribution in [1.82, 2.24) is 0 Å². The zero-order valence-electron chi connectivity index (χ0n) is 12.3. The zero-order valence-corrected chi connectivity index (χ0v) is 14.3. The van der Waals surface area contributed by atoms with Crippen molar-refractivity contribution in [1.29, 1.82) is 0 Å². The summed E-state index contributed by atoms with van der Waals surface area (Å²) in [4.78, 5) is 0. The van der Waals surface area contributed by atoms with Crippen LogP contribution < -0.4 is 5.19 Å². The Bertz CT molecular complexity index is 468.